The van der Waals surface area contributed by atoms with E-state index in [0.29, 0.717) is 5.82 Å². The van der Waals surface area contributed by atoms with Crippen molar-refractivity contribution in [1.82, 2.24) is 9.97 Å². The molecule has 1 aromatic heterocycles. The zero-order valence-corrected chi connectivity index (χ0v) is 11.8. The minimum Gasteiger partial charge on any atom is -0.497 e. The molecule has 2 rings (SSSR count). The van der Waals surface area contributed by atoms with Crippen molar-refractivity contribution in [2.24, 2.45) is 0 Å². The predicted octanol–water partition coefficient (Wildman–Crippen LogP) is 2.79. The Morgan fingerprint density at radius 1 is 1.47 bits per heavy atom. The standard InChI is InChI=1S/C13H13BrN2O3/c1-19-9-4-2-8(3-5-9)10(6-12(17)18)13-15-7-11(14)16-13/h2-5,7,10H,6H2,1H3,(H,15,16)(H,17,18). The summed E-state index contributed by atoms with van der Waals surface area (Å²) in [6.45, 7) is 0. The van der Waals surface area contributed by atoms with Gasteiger partial charge in [0, 0.05) is 0 Å². The smallest absolute Gasteiger partial charge is 0.304 e. The number of imidazole rings is 1. The molecule has 0 saturated heterocycles. The second-order valence-corrected chi connectivity index (χ2v) is 4.89. The Bertz CT molecular complexity index is 566. The Hall–Kier alpha value is -1.82. The van der Waals surface area contributed by atoms with E-state index in [0.717, 1.165) is 15.9 Å². The maximum Gasteiger partial charge on any atom is 0.304 e. The van der Waals surface area contributed by atoms with Crippen molar-refractivity contribution in [1.29, 1.82) is 0 Å². The van der Waals surface area contributed by atoms with Crippen molar-refractivity contribution >= 4 is 21.9 Å². The van der Waals surface area contributed by atoms with E-state index in [2.05, 4.69) is 25.9 Å². The second kappa shape index (κ2) is 5.88. The SMILES string of the molecule is COc1ccc(C(CC(=O)O)c2ncc(Br)[nH]2)cc1. The van der Waals surface area contributed by atoms with E-state index < -0.39 is 5.97 Å². The topological polar surface area (TPSA) is 75.2 Å². The lowest BCUT2D eigenvalue weighted by Gasteiger charge is -2.13. The summed E-state index contributed by atoms with van der Waals surface area (Å²) in [5.41, 5.74) is 0.880. The number of nitrogens with zero attached hydrogens (tertiary/aromatic N) is 1. The van der Waals surface area contributed by atoms with Crippen molar-refractivity contribution in [3.63, 3.8) is 0 Å². The Morgan fingerprint density at radius 2 is 2.16 bits per heavy atom. The molecule has 0 aliphatic heterocycles. The first-order valence-corrected chi connectivity index (χ1v) is 6.45. The third kappa shape index (κ3) is 3.35. The fourth-order valence-corrected chi connectivity index (χ4v) is 2.18. The number of rotatable bonds is 5. The van der Waals surface area contributed by atoms with Gasteiger partial charge in [-0.2, -0.15) is 0 Å². The molecule has 0 bridgehead atoms. The molecule has 19 heavy (non-hydrogen) atoms. The summed E-state index contributed by atoms with van der Waals surface area (Å²) in [7, 11) is 1.59. The Kier molecular flexibility index (Phi) is 4.21. The second-order valence-electron chi connectivity index (χ2n) is 4.04. The van der Waals surface area contributed by atoms with Gasteiger partial charge in [-0.3, -0.25) is 4.79 Å². The molecule has 0 aliphatic carbocycles. The van der Waals surface area contributed by atoms with Crippen LogP contribution in [0.25, 0.3) is 0 Å². The van der Waals surface area contributed by atoms with Crippen LogP contribution in [-0.2, 0) is 4.79 Å². The van der Waals surface area contributed by atoms with Crippen LogP contribution in [0.1, 0.15) is 23.7 Å². The van der Waals surface area contributed by atoms with E-state index in [4.69, 9.17) is 9.84 Å². The number of H-pyrrole nitrogens is 1. The van der Waals surface area contributed by atoms with Crippen molar-refractivity contribution in [3.8, 4) is 5.75 Å². The Labute approximate surface area is 118 Å². The van der Waals surface area contributed by atoms with Gasteiger partial charge in [0.1, 0.15) is 16.2 Å². The van der Waals surface area contributed by atoms with Gasteiger partial charge in [0.05, 0.1) is 25.6 Å². The normalized spacial score (nSPS) is 12.1. The minimum absolute atomic E-state index is 0.0215. The number of ether oxygens (including phenoxy) is 1. The Balaban J connectivity index is 2.33. The molecular weight excluding hydrogens is 312 g/mol. The first-order chi connectivity index (χ1) is 9.10. The predicted molar refractivity (Wildman–Crippen MR) is 73.4 cm³/mol. The summed E-state index contributed by atoms with van der Waals surface area (Å²) < 4.78 is 5.82. The van der Waals surface area contributed by atoms with Gasteiger partial charge >= 0.3 is 5.97 Å². The van der Waals surface area contributed by atoms with Crippen LogP contribution in [0.4, 0.5) is 0 Å². The number of carboxylic acid groups (broad SMARTS) is 1. The molecule has 100 valence electrons. The molecule has 1 unspecified atom stereocenters. The van der Waals surface area contributed by atoms with Crippen LogP contribution >= 0.6 is 15.9 Å². The van der Waals surface area contributed by atoms with Crippen LogP contribution in [0.2, 0.25) is 0 Å². The van der Waals surface area contributed by atoms with E-state index in [-0.39, 0.29) is 12.3 Å². The molecule has 1 aromatic carbocycles. The van der Waals surface area contributed by atoms with Gasteiger partial charge in [-0.15, -0.1) is 0 Å². The zero-order chi connectivity index (χ0) is 13.8. The number of aromatic nitrogens is 2. The lowest BCUT2D eigenvalue weighted by atomic mass is 9.95. The fourth-order valence-electron chi connectivity index (χ4n) is 1.87. The number of carbonyl (C=O) groups is 1. The van der Waals surface area contributed by atoms with Crippen LogP contribution < -0.4 is 4.74 Å². The highest BCUT2D eigenvalue weighted by atomic mass is 79.9. The summed E-state index contributed by atoms with van der Waals surface area (Å²) in [5, 5.41) is 9.04. The number of nitrogens with one attached hydrogen (secondary N) is 1. The van der Waals surface area contributed by atoms with Crippen LogP contribution in [0, 0.1) is 0 Å². The van der Waals surface area contributed by atoms with Gasteiger partial charge in [0.2, 0.25) is 0 Å². The van der Waals surface area contributed by atoms with Crippen LogP contribution in [-0.4, -0.2) is 28.2 Å². The molecule has 0 aliphatic rings. The molecule has 0 amide bonds. The van der Waals surface area contributed by atoms with Crippen LogP contribution in [0.15, 0.2) is 35.1 Å². The van der Waals surface area contributed by atoms with Gasteiger partial charge in [-0.05, 0) is 33.6 Å². The number of methoxy groups -OCH3 is 1. The van der Waals surface area contributed by atoms with E-state index >= 15 is 0 Å². The average molecular weight is 325 g/mol. The first kappa shape index (κ1) is 13.6. The lowest BCUT2D eigenvalue weighted by Crippen LogP contribution is -2.09. The zero-order valence-electron chi connectivity index (χ0n) is 10.3. The maximum absolute atomic E-state index is 11.0. The minimum atomic E-state index is -0.867. The van der Waals surface area contributed by atoms with E-state index in [1.54, 1.807) is 13.3 Å². The molecule has 5 nitrogen and oxygen atoms in total. The molecule has 0 spiro atoms. The molecule has 1 atom stereocenters. The summed E-state index contributed by atoms with van der Waals surface area (Å²) in [6, 6.07) is 7.32. The molecule has 0 radical (unpaired) electrons. The van der Waals surface area contributed by atoms with Crippen molar-refractivity contribution in [2.75, 3.05) is 7.11 Å². The highest BCUT2D eigenvalue weighted by molar-refractivity contribution is 9.10. The average Bonchev–Trinajstić information content (AvgIpc) is 2.82. The van der Waals surface area contributed by atoms with Gasteiger partial charge in [-0.25, -0.2) is 4.98 Å². The number of aromatic amines is 1. The van der Waals surface area contributed by atoms with E-state index in [1.807, 2.05) is 24.3 Å². The van der Waals surface area contributed by atoms with Gasteiger partial charge < -0.3 is 14.8 Å². The molecule has 6 heteroatoms. The molecule has 2 aromatic rings. The number of carboxylic acids is 1. The van der Waals surface area contributed by atoms with Crippen molar-refractivity contribution in [2.45, 2.75) is 12.3 Å². The quantitative estimate of drug-likeness (QED) is 0.886. The third-order valence-electron chi connectivity index (χ3n) is 2.79. The summed E-state index contributed by atoms with van der Waals surface area (Å²) in [4.78, 5) is 18.2. The summed E-state index contributed by atoms with van der Waals surface area (Å²) in [5.74, 6) is 0.181. The largest absolute Gasteiger partial charge is 0.497 e. The monoisotopic (exact) mass is 324 g/mol. The summed E-state index contributed by atoms with van der Waals surface area (Å²) >= 11 is 3.28. The van der Waals surface area contributed by atoms with E-state index in [1.165, 1.54) is 0 Å². The van der Waals surface area contributed by atoms with Crippen molar-refractivity contribution in [3.05, 3.63) is 46.5 Å². The number of aliphatic carboxylic acids is 1. The lowest BCUT2D eigenvalue weighted by molar-refractivity contribution is -0.137. The Morgan fingerprint density at radius 3 is 2.63 bits per heavy atom. The first-order valence-electron chi connectivity index (χ1n) is 5.66. The molecule has 1 heterocycles. The number of halogens is 1. The van der Waals surface area contributed by atoms with E-state index in [9.17, 15) is 4.79 Å². The third-order valence-corrected chi connectivity index (χ3v) is 3.19. The highest BCUT2D eigenvalue weighted by Crippen LogP contribution is 2.28. The molecular formula is C13H13BrN2O3. The molecule has 2 N–H and O–H groups in total. The van der Waals surface area contributed by atoms with Crippen LogP contribution in [0.5, 0.6) is 5.75 Å². The van der Waals surface area contributed by atoms with Gasteiger partial charge in [-0.1, -0.05) is 12.1 Å². The summed E-state index contributed by atoms with van der Waals surface area (Å²) in [6.07, 6.45) is 1.60. The fraction of sp³-hybridized carbons (Fsp3) is 0.231. The van der Waals surface area contributed by atoms with Crippen molar-refractivity contribution < 1.29 is 14.6 Å². The number of hydrogen-bond acceptors (Lipinski definition) is 3. The number of hydrogen-bond donors (Lipinski definition) is 2. The highest BCUT2D eigenvalue weighted by Gasteiger charge is 2.20. The van der Waals surface area contributed by atoms with Crippen LogP contribution in [0.3, 0.4) is 0 Å². The molecule has 0 fully saturated rings. The molecule has 0 saturated carbocycles. The van der Waals surface area contributed by atoms with Gasteiger partial charge in [0.15, 0.2) is 0 Å². The maximum atomic E-state index is 11.0. The van der Waals surface area contributed by atoms with Gasteiger partial charge in [0.25, 0.3) is 0 Å². The number of benzene rings is 1.